The first-order valence-corrected chi connectivity index (χ1v) is 16.2. The number of phenolic OH excluding ortho intramolecular Hbond substituents is 1. The monoisotopic (exact) mass is 734 g/mol. The average Bonchev–Trinajstić information content (AvgIpc) is 3.45. The van der Waals surface area contributed by atoms with Crippen LogP contribution in [0, 0.1) is 46.8 Å². The van der Waals surface area contributed by atoms with Gasteiger partial charge in [0.25, 0.3) is 11.8 Å². The summed E-state index contributed by atoms with van der Waals surface area (Å²) in [6, 6.07) is 10.9. The number of benzene rings is 3. The van der Waals surface area contributed by atoms with E-state index in [0.717, 1.165) is 10.5 Å². The number of hydrogen-bond donors (Lipinski definition) is 1. The molecule has 3 aromatic rings. The van der Waals surface area contributed by atoms with Crippen molar-refractivity contribution in [3.63, 3.8) is 0 Å². The van der Waals surface area contributed by atoms with Gasteiger partial charge in [-0.25, -0.2) is 26.9 Å². The lowest BCUT2D eigenvalue weighted by Gasteiger charge is -2.50. The van der Waals surface area contributed by atoms with Crippen molar-refractivity contribution in [1.82, 2.24) is 0 Å². The summed E-state index contributed by atoms with van der Waals surface area (Å²) in [5.74, 6) is -22.4. The number of hydrogen-bond acceptors (Lipinski definition) is 6. The molecule has 6 unspecified atom stereocenters. The Balaban J connectivity index is 1.43. The Labute approximate surface area is 291 Å². The van der Waals surface area contributed by atoms with Gasteiger partial charge in [-0.15, -0.1) is 23.2 Å². The number of rotatable bonds is 5. The number of amides is 4. The van der Waals surface area contributed by atoms with Gasteiger partial charge in [0.1, 0.15) is 5.69 Å². The lowest BCUT2D eigenvalue weighted by atomic mass is 9.56. The Morgan fingerprint density at radius 2 is 1.46 bits per heavy atom. The first kappa shape index (κ1) is 34.0. The summed E-state index contributed by atoms with van der Waals surface area (Å²) in [5, 5.41) is 11.3. The summed E-state index contributed by atoms with van der Waals surface area (Å²) in [4.78, 5) is 52.0. The summed E-state index contributed by atoms with van der Waals surface area (Å²) >= 11 is 14.2. The highest BCUT2D eigenvalue weighted by Crippen LogP contribution is 2.67. The van der Waals surface area contributed by atoms with Crippen LogP contribution in [0.25, 0.3) is 0 Å². The summed E-state index contributed by atoms with van der Waals surface area (Å²) in [6.07, 6.45) is 1.54. The van der Waals surface area contributed by atoms with Crippen LogP contribution in [-0.2, 0) is 25.6 Å². The quantitative estimate of drug-likeness (QED) is 0.0810. The SMILES string of the molecule is CCc1ccc(N2C(=O)C3CC=C4C(CC5(Cl)C(=O)N(c6c(F)c(F)c(F)c(F)c6F)C(=O)C5(Cl)C4c4cccc(OC)c4O)C3C2=O)cc1. The third-order valence-electron chi connectivity index (χ3n) is 10.4. The zero-order valence-electron chi connectivity index (χ0n) is 26.1. The number of imide groups is 2. The fraction of sp³-hybridized carbons (Fsp3) is 0.314. The number of methoxy groups -OCH3 is 1. The minimum atomic E-state index is -2.77. The number of nitrogens with zero attached hydrogens (tertiary/aromatic N) is 2. The van der Waals surface area contributed by atoms with Crippen molar-refractivity contribution in [3.8, 4) is 11.5 Å². The van der Waals surface area contributed by atoms with Gasteiger partial charge in [-0.05, 0) is 48.9 Å². The second kappa shape index (κ2) is 11.5. The van der Waals surface area contributed by atoms with Crippen molar-refractivity contribution in [2.24, 2.45) is 17.8 Å². The molecule has 2 heterocycles. The molecule has 4 amide bonds. The standard InChI is InChI=1S/C35H25Cl2F5N2O6/c1-3-14-7-9-15(10-8-14)43-30(46)17-12-11-16-19(21(17)31(43)47)13-34(36)32(48)44(28-26(41)24(39)23(38)25(40)27(28)42)33(49)35(34,37)22(16)18-5-4-6-20(50-2)29(18)45/h4-11,17,19,21-22,45H,3,12-13H2,1-2H3. The van der Waals surface area contributed by atoms with Gasteiger partial charge in [-0.2, -0.15) is 0 Å². The molecule has 50 heavy (non-hydrogen) atoms. The smallest absolute Gasteiger partial charge is 0.258 e. The van der Waals surface area contributed by atoms with E-state index in [-0.39, 0.29) is 28.2 Å². The van der Waals surface area contributed by atoms with Gasteiger partial charge in [-0.1, -0.05) is 42.8 Å². The molecule has 0 spiro atoms. The van der Waals surface area contributed by atoms with Crippen molar-refractivity contribution in [1.29, 1.82) is 0 Å². The fourth-order valence-corrected chi connectivity index (χ4v) is 8.91. The zero-order chi connectivity index (χ0) is 36.2. The molecule has 7 rings (SSSR count). The van der Waals surface area contributed by atoms with E-state index in [1.54, 1.807) is 30.3 Å². The molecule has 260 valence electrons. The molecule has 2 aliphatic carbocycles. The number of ether oxygens (including phenoxy) is 1. The summed E-state index contributed by atoms with van der Waals surface area (Å²) in [5.41, 5.74) is -0.590. The normalized spacial score (nSPS) is 28.9. The number of anilines is 2. The Kier molecular flexibility index (Phi) is 7.83. The molecule has 1 saturated carbocycles. The molecule has 8 nitrogen and oxygen atoms in total. The minimum Gasteiger partial charge on any atom is -0.504 e. The topological polar surface area (TPSA) is 104 Å². The van der Waals surface area contributed by atoms with E-state index < -0.39 is 104 Å². The number of alkyl halides is 2. The van der Waals surface area contributed by atoms with Crippen LogP contribution >= 0.6 is 23.2 Å². The highest BCUT2D eigenvalue weighted by atomic mass is 35.5. The number of aromatic hydroxyl groups is 1. The van der Waals surface area contributed by atoms with E-state index in [4.69, 9.17) is 27.9 Å². The van der Waals surface area contributed by atoms with Gasteiger partial charge in [-0.3, -0.25) is 24.1 Å². The lowest BCUT2D eigenvalue weighted by Crippen LogP contribution is -2.60. The fourth-order valence-electron chi connectivity index (χ4n) is 7.98. The van der Waals surface area contributed by atoms with Crippen LogP contribution in [0.15, 0.2) is 54.1 Å². The predicted octanol–water partition coefficient (Wildman–Crippen LogP) is 6.43. The van der Waals surface area contributed by atoms with Gasteiger partial charge in [0.15, 0.2) is 44.5 Å². The van der Waals surface area contributed by atoms with Crippen LogP contribution in [0.5, 0.6) is 11.5 Å². The third kappa shape index (κ3) is 4.22. The van der Waals surface area contributed by atoms with Gasteiger partial charge in [0.2, 0.25) is 17.6 Å². The number of allylic oxidation sites excluding steroid dienone is 2. The molecule has 0 aromatic heterocycles. The zero-order valence-corrected chi connectivity index (χ0v) is 27.6. The van der Waals surface area contributed by atoms with Gasteiger partial charge in [0, 0.05) is 11.5 Å². The average molecular weight is 735 g/mol. The molecule has 2 saturated heterocycles. The highest BCUT2D eigenvalue weighted by molar-refractivity contribution is 6.58. The molecule has 4 aliphatic rings. The van der Waals surface area contributed by atoms with Gasteiger partial charge in [0.05, 0.1) is 24.6 Å². The number of carbonyl (C=O) groups is 4. The number of halogens is 7. The van der Waals surface area contributed by atoms with Crippen LogP contribution < -0.4 is 14.5 Å². The summed E-state index contributed by atoms with van der Waals surface area (Å²) in [7, 11) is 1.23. The van der Waals surface area contributed by atoms with E-state index in [1.807, 2.05) is 6.92 Å². The van der Waals surface area contributed by atoms with E-state index >= 15 is 8.78 Å². The maximum Gasteiger partial charge on any atom is 0.258 e. The Hall–Kier alpha value is -4.49. The molecule has 0 bridgehead atoms. The Bertz CT molecular complexity index is 2050. The van der Waals surface area contributed by atoms with E-state index in [9.17, 15) is 37.5 Å². The molecule has 6 atom stereocenters. The largest absolute Gasteiger partial charge is 0.504 e. The molecule has 1 N–H and O–H groups in total. The molecule has 3 aromatic carbocycles. The van der Waals surface area contributed by atoms with E-state index in [1.165, 1.54) is 25.3 Å². The maximum absolute atomic E-state index is 15.2. The Morgan fingerprint density at radius 1 is 0.840 bits per heavy atom. The summed E-state index contributed by atoms with van der Waals surface area (Å²) < 4.78 is 78.6. The number of fused-ring (bicyclic) bond motifs is 4. The lowest BCUT2D eigenvalue weighted by molar-refractivity contribution is -0.125. The molecular formula is C35H25Cl2F5N2O6. The van der Waals surface area contributed by atoms with Crippen LogP contribution in [0.1, 0.15) is 36.8 Å². The van der Waals surface area contributed by atoms with Crippen molar-refractivity contribution < 1.29 is 51.0 Å². The molecule has 3 fully saturated rings. The summed E-state index contributed by atoms with van der Waals surface area (Å²) in [6.45, 7) is 1.93. The van der Waals surface area contributed by atoms with E-state index in [2.05, 4.69) is 0 Å². The van der Waals surface area contributed by atoms with Crippen LogP contribution in [0.2, 0.25) is 0 Å². The number of aryl methyl sites for hydroxylation is 1. The number of para-hydroxylation sites is 1. The van der Waals surface area contributed by atoms with Gasteiger partial charge >= 0.3 is 0 Å². The van der Waals surface area contributed by atoms with Crippen LogP contribution in [-0.4, -0.2) is 45.6 Å². The highest BCUT2D eigenvalue weighted by Gasteiger charge is 2.77. The van der Waals surface area contributed by atoms with Crippen molar-refractivity contribution in [2.75, 3.05) is 16.9 Å². The number of carbonyl (C=O) groups excluding carboxylic acids is 4. The predicted molar refractivity (Wildman–Crippen MR) is 169 cm³/mol. The number of phenols is 1. The molecule has 15 heteroatoms. The Morgan fingerprint density at radius 3 is 2.06 bits per heavy atom. The van der Waals surface area contributed by atoms with Crippen molar-refractivity contribution in [2.45, 2.75) is 41.9 Å². The van der Waals surface area contributed by atoms with Crippen molar-refractivity contribution in [3.05, 3.63) is 94.3 Å². The first-order chi connectivity index (χ1) is 23.6. The van der Waals surface area contributed by atoms with E-state index in [0.29, 0.717) is 12.1 Å². The second-order valence-corrected chi connectivity index (χ2v) is 13.9. The third-order valence-corrected chi connectivity index (χ3v) is 11.8. The van der Waals surface area contributed by atoms with Crippen LogP contribution in [0.4, 0.5) is 33.3 Å². The minimum absolute atomic E-state index is 0.0441. The second-order valence-electron chi connectivity index (χ2n) is 12.6. The van der Waals surface area contributed by atoms with Gasteiger partial charge < -0.3 is 9.84 Å². The first-order valence-electron chi connectivity index (χ1n) is 15.5. The molecular weight excluding hydrogens is 710 g/mol. The molecule has 2 aliphatic heterocycles. The van der Waals surface area contributed by atoms with Crippen LogP contribution in [0.3, 0.4) is 0 Å². The van der Waals surface area contributed by atoms with Crippen molar-refractivity contribution >= 4 is 58.2 Å². The maximum atomic E-state index is 15.2. The molecule has 0 radical (unpaired) electrons.